The molecule has 0 spiro atoms. The highest BCUT2D eigenvalue weighted by atomic mass is 16.6. The molecule has 0 amide bonds. The highest BCUT2D eigenvalue weighted by molar-refractivity contribution is 6.07. The highest BCUT2D eigenvalue weighted by Gasteiger charge is 2.27. The number of rotatable bonds is 3. The van der Waals surface area contributed by atoms with E-state index in [9.17, 15) is 14.4 Å². The number of hydrogen-bond donors (Lipinski definition) is 1. The van der Waals surface area contributed by atoms with Crippen molar-refractivity contribution in [1.29, 1.82) is 0 Å². The number of hydrogen-bond acceptors (Lipinski definition) is 6. The molecule has 0 saturated heterocycles. The van der Waals surface area contributed by atoms with Crippen LogP contribution in [0.25, 0.3) is 0 Å². The molecule has 7 heteroatoms. The molecule has 20 heavy (non-hydrogen) atoms. The molecule has 0 fully saturated rings. The van der Waals surface area contributed by atoms with E-state index in [-0.39, 0.29) is 23.5 Å². The van der Waals surface area contributed by atoms with Gasteiger partial charge in [0.1, 0.15) is 11.3 Å². The van der Waals surface area contributed by atoms with Crippen LogP contribution in [0.15, 0.2) is 4.79 Å². The molecule has 7 nitrogen and oxygen atoms in total. The van der Waals surface area contributed by atoms with E-state index in [1.54, 1.807) is 27.7 Å². The summed E-state index contributed by atoms with van der Waals surface area (Å²) in [5.74, 6) is -1.28. The molecule has 0 atom stereocenters. The summed E-state index contributed by atoms with van der Waals surface area (Å²) in [6, 6.07) is 0. The van der Waals surface area contributed by atoms with Crippen LogP contribution < -0.4 is 11.3 Å². The number of carbonyl (C=O) groups excluding carboxylic acids is 2. The van der Waals surface area contributed by atoms with Crippen molar-refractivity contribution in [1.82, 2.24) is 9.78 Å². The molecule has 110 valence electrons. The summed E-state index contributed by atoms with van der Waals surface area (Å²) in [5, 5.41) is 3.89. The van der Waals surface area contributed by atoms with Crippen molar-refractivity contribution in [3.63, 3.8) is 0 Å². The molecular formula is C13H19N3O4. The standard InChI is InChI=1S/C13H19N3O4/c1-6-16-11(18)9(14)8(7(2)17)10(15-16)12(19)20-13(3,4)5/h6,14H2,1-5H3. The number of carbonyl (C=O) groups is 2. The van der Waals surface area contributed by atoms with Gasteiger partial charge in [0.2, 0.25) is 0 Å². The third-order valence-electron chi connectivity index (χ3n) is 2.44. The highest BCUT2D eigenvalue weighted by Crippen LogP contribution is 2.17. The van der Waals surface area contributed by atoms with Gasteiger partial charge in [0, 0.05) is 6.54 Å². The first-order chi connectivity index (χ1) is 9.08. The quantitative estimate of drug-likeness (QED) is 0.654. The molecule has 0 aliphatic rings. The first-order valence-corrected chi connectivity index (χ1v) is 6.23. The molecule has 1 aromatic rings. The summed E-state index contributed by atoms with van der Waals surface area (Å²) in [4.78, 5) is 35.6. The molecule has 0 saturated carbocycles. The second kappa shape index (κ2) is 5.44. The number of nitrogen functional groups attached to an aromatic ring is 1. The lowest BCUT2D eigenvalue weighted by atomic mass is 10.1. The van der Waals surface area contributed by atoms with Crippen LogP contribution in [0, 0.1) is 0 Å². The van der Waals surface area contributed by atoms with Gasteiger partial charge in [-0.05, 0) is 34.6 Å². The second-order valence-corrected chi connectivity index (χ2v) is 5.32. The molecule has 0 aliphatic carbocycles. The van der Waals surface area contributed by atoms with Gasteiger partial charge < -0.3 is 10.5 Å². The predicted molar refractivity (Wildman–Crippen MR) is 73.8 cm³/mol. The lowest BCUT2D eigenvalue weighted by molar-refractivity contribution is 0.00582. The fraction of sp³-hybridized carbons (Fsp3) is 0.538. The van der Waals surface area contributed by atoms with Crippen molar-refractivity contribution in [2.75, 3.05) is 5.73 Å². The number of aromatic nitrogens is 2. The number of esters is 1. The third-order valence-corrected chi connectivity index (χ3v) is 2.44. The number of Topliss-reactive ketones (excluding diaryl/α,β-unsaturated/α-hetero) is 1. The second-order valence-electron chi connectivity index (χ2n) is 5.32. The Balaban J connectivity index is 3.52. The zero-order valence-corrected chi connectivity index (χ0v) is 12.3. The van der Waals surface area contributed by atoms with Crippen LogP contribution in [-0.4, -0.2) is 27.1 Å². The molecule has 0 aliphatic heterocycles. The smallest absolute Gasteiger partial charge is 0.360 e. The monoisotopic (exact) mass is 281 g/mol. The summed E-state index contributed by atoms with van der Waals surface area (Å²) in [6.07, 6.45) is 0. The fourth-order valence-corrected chi connectivity index (χ4v) is 1.63. The molecule has 1 heterocycles. The Morgan fingerprint density at radius 2 is 1.90 bits per heavy atom. The van der Waals surface area contributed by atoms with Gasteiger partial charge in [-0.1, -0.05) is 0 Å². The zero-order chi connectivity index (χ0) is 15.7. The van der Waals surface area contributed by atoms with Gasteiger partial charge in [0.25, 0.3) is 5.56 Å². The number of nitrogens with two attached hydrogens (primary N) is 1. The van der Waals surface area contributed by atoms with E-state index >= 15 is 0 Å². The Labute approximate surface area is 116 Å². The normalized spacial score (nSPS) is 11.2. The maximum absolute atomic E-state index is 12.1. The number of ether oxygens (including phenoxy) is 1. The number of ketones is 1. The number of aryl methyl sites for hydroxylation is 1. The first kappa shape index (κ1) is 15.9. The minimum atomic E-state index is -0.781. The molecule has 0 bridgehead atoms. The van der Waals surface area contributed by atoms with Crippen molar-refractivity contribution in [2.45, 2.75) is 46.8 Å². The minimum absolute atomic E-state index is 0.186. The molecule has 2 N–H and O–H groups in total. The third kappa shape index (κ3) is 3.23. The average Bonchev–Trinajstić information content (AvgIpc) is 2.29. The summed E-state index contributed by atoms with van der Waals surface area (Å²) in [5.41, 5.74) is 3.63. The lowest BCUT2D eigenvalue weighted by Gasteiger charge is -2.20. The van der Waals surface area contributed by atoms with Gasteiger partial charge >= 0.3 is 5.97 Å². The van der Waals surface area contributed by atoms with Crippen LogP contribution in [-0.2, 0) is 11.3 Å². The van der Waals surface area contributed by atoms with Crippen molar-refractivity contribution < 1.29 is 14.3 Å². The molecule has 0 aromatic carbocycles. The maximum atomic E-state index is 12.1. The molecule has 0 unspecified atom stereocenters. The van der Waals surface area contributed by atoms with Gasteiger partial charge in [-0.25, -0.2) is 9.48 Å². The Morgan fingerprint density at radius 1 is 1.35 bits per heavy atom. The van der Waals surface area contributed by atoms with Gasteiger partial charge in [-0.2, -0.15) is 5.10 Å². The van der Waals surface area contributed by atoms with Crippen LogP contribution in [0.3, 0.4) is 0 Å². The Morgan fingerprint density at radius 3 is 2.30 bits per heavy atom. The molecule has 0 radical (unpaired) electrons. The van der Waals surface area contributed by atoms with E-state index in [2.05, 4.69) is 5.10 Å². The topological polar surface area (TPSA) is 104 Å². The zero-order valence-electron chi connectivity index (χ0n) is 12.3. The first-order valence-electron chi connectivity index (χ1n) is 6.23. The van der Waals surface area contributed by atoms with E-state index in [0.717, 1.165) is 4.68 Å². The maximum Gasteiger partial charge on any atom is 0.360 e. The summed E-state index contributed by atoms with van der Waals surface area (Å²) < 4.78 is 6.21. The Kier molecular flexibility index (Phi) is 4.32. The van der Waals surface area contributed by atoms with Crippen LogP contribution >= 0.6 is 0 Å². The Bertz CT molecular complexity index is 611. The number of nitrogens with zero attached hydrogens (tertiary/aromatic N) is 2. The predicted octanol–water partition coefficient (Wildman–Crippen LogP) is 1.00. The van der Waals surface area contributed by atoms with Crippen molar-refractivity contribution in [3.05, 3.63) is 21.6 Å². The van der Waals surface area contributed by atoms with E-state index in [4.69, 9.17) is 10.5 Å². The van der Waals surface area contributed by atoms with Gasteiger partial charge in [-0.3, -0.25) is 9.59 Å². The van der Waals surface area contributed by atoms with E-state index < -0.39 is 22.9 Å². The minimum Gasteiger partial charge on any atom is -0.455 e. The Hall–Kier alpha value is -2.18. The van der Waals surface area contributed by atoms with Gasteiger partial charge in [-0.15, -0.1) is 0 Å². The SMILES string of the molecule is CCn1nc(C(=O)OC(C)(C)C)c(C(C)=O)c(N)c1=O. The lowest BCUT2D eigenvalue weighted by Crippen LogP contribution is -2.33. The van der Waals surface area contributed by atoms with Gasteiger partial charge in [0.05, 0.1) is 5.56 Å². The van der Waals surface area contributed by atoms with Crippen LogP contribution in [0.5, 0.6) is 0 Å². The summed E-state index contributed by atoms with van der Waals surface area (Å²) in [7, 11) is 0. The van der Waals surface area contributed by atoms with Crippen molar-refractivity contribution >= 4 is 17.4 Å². The molecule has 1 rings (SSSR count). The van der Waals surface area contributed by atoms with E-state index in [0.29, 0.717) is 0 Å². The number of anilines is 1. The molecular weight excluding hydrogens is 262 g/mol. The average molecular weight is 281 g/mol. The van der Waals surface area contributed by atoms with Gasteiger partial charge in [0.15, 0.2) is 11.5 Å². The summed E-state index contributed by atoms with van der Waals surface area (Å²) in [6.45, 7) is 8.21. The van der Waals surface area contributed by atoms with E-state index in [1.165, 1.54) is 6.92 Å². The van der Waals surface area contributed by atoms with Crippen molar-refractivity contribution in [2.24, 2.45) is 0 Å². The summed E-state index contributed by atoms with van der Waals surface area (Å²) >= 11 is 0. The van der Waals surface area contributed by atoms with E-state index in [1.807, 2.05) is 0 Å². The molecule has 1 aromatic heterocycles. The largest absolute Gasteiger partial charge is 0.455 e. The van der Waals surface area contributed by atoms with Crippen LogP contribution in [0.4, 0.5) is 5.69 Å². The van der Waals surface area contributed by atoms with Crippen LogP contribution in [0.2, 0.25) is 0 Å². The fourth-order valence-electron chi connectivity index (χ4n) is 1.63. The van der Waals surface area contributed by atoms with Crippen molar-refractivity contribution in [3.8, 4) is 0 Å². The van der Waals surface area contributed by atoms with Crippen LogP contribution in [0.1, 0.15) is 55.5 Å².